The fourth-order valence-electron chi connectivity index (χ4n) is 3.63. The molecule has 1 saturated heterocycles. The zero-order valence-electron chi connectivity index (χ0n) is 19.0. The molecule has 0 amide bonds. The summed E-state index contributed by atoms with van der Waals surface area (Å²) in [5, 5.41) is 0. The van der Waals surface area contributed by atoms with Gasteiger partial charge in [-0.05, 0) is 44.3 Å². The number of oxazole rings is 1. The molecule has 3 aromatic rings. The lowest BCUT2D eigenvalue weighted by atomic mass is 10.2. The molecule has 4 rings (SSSR count). The summed E-state index contributed by atoms with van der Waals surface area (Å²) in [5.41, 5.74) is 2.77. The highest BCUT2D eigenvalue weighted by Gasteiger charge is 2.28. The van der Waals surface area contributed by atoms with Crippen LogP contribution in [0, 0.1) is 11.8 Å². The summed E-state index contributed by atoms with van der Waals surface area (Å²) in [5.74, 6) is 6.94. The predicted molar refractivity (Wildman–Crippen MR) is 127 cm³/mol. The van der Waals surface area contributed by atoms with Gasteiger partial charge in [-0.3, -0.25) is 4.98 Å². The van der Waals surface area contributed by atoms with Crippen molar-refractivity contribution in [3.8, 4) is 17.6 Å². The molecule has 174 valence electrons. The highest BCUT2D eigenvalue weighted by molar-refractivity contribution is 7.89. The summed E-state index contributed by atoms with van der Waals surface area (Å²) in [6.07, 6.45) is 3.36. The van der Waals surface area contributed by atoms with Crippen LogP contribution in [0.5, 0.6) is 5.75 Å². The van der Waals surface area contributed by atoms with Crippen LogP contribution in [0.4, 0.5) is 5.69 Å². The van der Waals surface area contributed by atoms with E-state index in [1.54, 1.807) is 23.8 Å². The van der Waals surface area contributed by atoms with Crippen LogP contribution in [0.15, 0.2) is 41.1 Å². The van der Waals surface area contributed by atoms with Gasteiger partial charge in [-0.25, -0.2) is 8.42 Å². The number of pyridine rings is 1. The number of piperazine rings is 1. The molecule has 0 atom stereocenters. The largest absolute Gasteiger partial charge is 0.494 e. The van der Waals surface area contributed by atoms with E-state index in [0.29, 0.717) is 49.6 Å². The van der Waals surface area contributed by atoms with Crippen molar-refractivity contribution in [2.75, 3.05) is 64.6 Å². The summed E-state index contributed by atoms with van der Waals surface area (Å²) in [6, 6.07) is 7.44. The Morgan fingerprint density at radius 3 is 2.61 bits per heavy atom. The van der Waals surface area contributed by atoms with Crippen LogP contribution in [0.1, 0.15) is 11.5 Å². The SMILES string of the molecule is COc1ccc(N2CCN(S(=O)(=O)CCN(C)C)CC2)c2oc(C#Cc3cccnc3)nc12. The molecular formula is C23H27N5O4S. The molecule has 0 radical (unpaired) electrons. The molecule has 0 N–H and O–H groups in total. The highest BCUT2D eigenvalue weighted by Crippen LogP contribution is 2.34. The van der Waals surface area contributed by atoms with Crippen molar-refractivity contribution in [2.45, 2.75) is 0 Å². The van der Waals surface area contributed by atoms with Gasteiger partial charge < -0.3 is 19.0 Å². The zero-order chi connectivity index (χ0) is 23.4. The second-order valence-corrected chi connectivity index (χ2v) is 10.1. The van der Waals surface area contributed by atoms with Gasteiger partial charge in [0, 0.05) is 50.7 Å². The van der Waals surface area contributed by atoms with E-state index in [2.05, 4.69) is 26.7 Å². The number of anilines is 1. The van der Waals surface area contributed by atoms with Gasteiger partial charge in [-0.15, -0.1) is 0 Å². The Morgan fingerprint density at radius 2 is 1.94 bits per heavy atom. The van der Waals surface area contributed by atoms with Gasteiger partial charge in [0.25, 0.3) is 5.89 Å². The van der Waals surface area contributed by atoms with Crippen molar-refractivity contribution in [2.24, 2.45) is 0 Å². The summed E-state index contributed by atoms with van der Waals surface area (Å²) >= 11 is 0. The maximum atomic E-state index is 12.6. The number of ether oxygens (including phenoxy) is 1. The standard InChI is InChI=1S/C23H27N5O4S/c1-26(2)15-16-33(29,30)28-13-11-27(12-14-28)19-7-8-20(31-3)22-23(19)32-21(25-22)9-6-18-5-4-10-24-17-18/h4-5,7-8,10,17H,11-16H2,1-3H3. The number of rotatable bonds is 6. The number of fused-ring (bicyclic) bond motifs is 1. The van der Waals surface area contributed by atoms with E-state index in [9.17, 15) is 8.42 Å². The van der Waals surface area contributed by atoms with Gasteiger partial charge in [-0.1, -0.05) is 5.92 Å². The van der Waals surface area contributed by atoms with Crippen LogP contribution in [-0.4, -0.2) is 87.3 Å². The number of nitrogens with zero attached hydrogens (tertiary/aromatic N) is 5. The van der Waals surface area contributed by atoms with Crippen molar-refractivity contribution < 1.29 is 17.6 Å². The number of aromatic nitrogens is 2. The van der Waals surface area contributed by atoms with Gasteiger partial charge in [0.15, 0.2) is 11.1 Å². The molecule has 0 saturated carbocycles. The van der Waals surface area contributed by atoms with E-state index in [1.165, 1.54) is 0 Å². The molecule has 1 aliphatic heterocycles. The molecule has 0 aliphatic carbocycles. The van der Waals surface area contributed by atoms with Crippen molar-refractivity contribution in [3.63, 3.8) is 0 Å². The first-order valence-corrected chi connectivity index (χ1v) is 12.3. The summed E-state index contributed by atoms with van der Waals surface area (Å²) in [7, 11) is 2.04. The van der Waals surface area contributed by atoms with E-state index in [-0.39, 0.29) is 11.6 Å². The second-order valence-electron chi connectivity index (χ2n) is 7.98. The number of hydrogen-bond acceptors (Lipinski definition) is 8. The van der Waals surface area contributed by atoms with Crippen LogP contribution >= 0.6 is 0 Å². The predicted octanol–water partition coefficient (Wildman–Crippen LogP) is 1.64. The Kier molecular flexibility index (Phi) is 6.83. The van der Waals surface area contributed by atoms with E-state index in [4.69, 9.17) is 9.15 Å². The maximum Gasteiger partial charge on any atom is 0.274 e. The van der Waals surface area contributed by atoms with E-state index in [0.717, 1.165) is 11.3 Å². The molecule has 1 aromatic carbocycles. The molecule has 33 heavy (non-hydrogen) atoms. The van der Waals surface area contributed by atoms with Crippen molar-refractivity contribution >= 4 is 26.8 Å². The molecule has 0 bridgehead atoms. The Labute approximate surface area is 194 Å². The van der Waals surface area contributed by atoms with E-state index < -0.39 is 10.0 Å². The van der Waals surface area contributed by atoms with E-state index >= 15 is 0 Å². The average molecular weight is 470 g/mol. The van der Waals surface area contributed by atoms with Crippen LogP contribution in [0.25, 0.3) is 11.1 Å². The second kappa shape index (κ2) is 9.79. The molecule has 10 heteroatoms. The smallest absolute Gasteiger partial charge is 0.274 e. The monoisotopic (exact) mass is 469 g/mol. The Hall–Kier alpha value is -3.13. The summed E-state index contributed by atoms with van der Waals surface area (Å²) in [4.78, 5) is 12.6. The normalized spacial score (nSPS) is 15.0. The molecule has 0 unspecified atom stereocenters. The Balaban J connectivity index is 1.56. The Morgan fingerprint density at radius 1 is 1.15 bits per heavy atom. The van der Waals surface area contributed by atoms with Crippen LogP contribution in [0.2, 0.25) is 0 Å². The Bertz CT molecular complexity index is 1270. The molecule has 1 aliphatic rings. The number of benzene rings is 1. The quantitative estimate of drug-likeness (QED) is 0.503. The molecule has 0 spiro atoms. The van der Waals surface area contributed by atoms with Gasteiger partial charge in [0.1, 0.15) is 5.75 Å². The number of sulfonamides is 1. The van der Waals surface area contributed by atoms with Gasteiger partial charge in [-0.2, -0.15) is 9.29 Å². The molecule has 1 fully saturated rings. The zero-order valence-corrected chi connectivity index (χ0v) is 19.8. The third kappa shape index (κ3) is 5.27. The highest BCUT2D eigenvalue weighted by atomic mass is 32.2. The fourth-order valence-corrected chi connectivity index (χ4v) is 5.21. The first-order chi connectivity index (χ1) is 15.9. The summed E-state index contributed by atoms with van der Waals surface area (Å²) in [6.45, 7) is 2.46. The van der Waals surface area contributed by atoms with E-state index in [1.807, 2.05) is 43.3 Å². The molecule has 2 aromatic heterocycles. The summed E-state index contributed by atoms with van der Waals surface area (Å²) < 4.78 is 38.3. The topological polar surface area (TPSA) is 92.0 Å². The average Bonchev–Trinajstić information content (AvgIpc) is 3.26. The molecule has 3 heterocycles. The minimum absolute atomic E-state index is 0.119. The minimum Gasteiger partial charge on any atom is -0.494 e. The van der Waals surface area contributed by atoms with Gasteiger partial charge >= 0.3 is 0 Å². The lowest BCUT2D eigenvalue weighted by Crippen LogP contribution is -2.50. The van der Waals surface area contributed by atoms with Gasteiger partial charge in [0.2, 0.25) is 10.0 Å². The lowest BCUT2D eigenvalue weighted by Gasteiger charge is -2.35. The van der Waals surface area contributed by atoms with Gasteiger partial charge in [0.05, 0.1) is 18.6 Å². The minimum atomic E-state index is -3.28. The van der Waals surface area contributed by atoms with Crippen molar-refractivity contribution in [1.82, 2.24) is 19.2 Å². The first-order valence-electron chi connectivity index (χ1n) is 10.6. The number of hydrogen-bond donors (Lipinski definition) is 0. The molecular weight excluding hydrogens is 442 g/mol. The maximum absolute atomic E-state index is 12.6. The van der Waals surface area contributed by atoms with Crippen molar-refractivity contribution in [3.05, 3.63) is 48.1 Å². The van der Waals surface area contributed by atoms with Crippen LogP contribution < -0.4 is 9.64 Å². The first kappa shape index (κ1) is 23.0. The third-order valence-corrected chi connectivity index (χ3v) is 7.30. The lowest BCUT2D eigenvalue weighted by molar-refractivity contribution is 0.375. The fraction of sp³-hybridized carbons (Fsp3) is 0.391. The van der Waals surface area contributed by atoms with Crippen LogP contribution in [-0.2, 0) is 10.0 Å². The third-order valence-electron chi connectivity index (χ3n) is 5.45. The van der Waals surface area contributed by atoms with Crippen molar-refractivity contribution in [1.29, 1.82) is 0 Å². The number of methoxy groups -OCH3 is 1. The van der Waals surface area contributed by atoms with Crippen LogP contribution in [0.3, 0.4) is 0 Å². The molecule has 9 nitrogen and oxygen atoms in total.